The first kappa shape index (κ1) is 13.5. The van der Waals surface area contributed by atoms with Gasteiger partial charge in [0.25, 0.3) is 0 Å². The molecule has 100 valence electrons. The first-order chi connectivity index (χ1) is 9.02. The molecule has 1 aromatic heterocycles. The number of nitrogens with two attached hydrogens (primary N) is 1. The van der Waals surface area contributed by atoms with E-state index in [0.717, 1.165) is 0 Å². The number of aryl methyl sites for hydroxylation is 1. The molecule has 0 aliphatic rings. The minimum absolute atomic E-state index is 0.211. The summed E-state index contributed by atoms with van der Waals surface area (Å²) in [5.74, 6) is 6.40. The topological polar surface area (TPSA) is 77.0 Å². The molecule has 0 saturated carbocycles. The molecule has 0 bridgehead atoms. The lowest BCUT2D eigenvalue weighted by molar-refractivity contribution is 0.757. The molecule has 2 aromatic rings. The van der Waals surface area contributed by atoms with Gasteiger partial charge >= 0.3 is 5.69 Å². The maximum atomic E-state index is 12.1. The summed E-state index contributed by atoms with van der Waals surface area (Å²) >= 11 is 5.92. The van der Waals surface area contributed by atoms with Crippen molar-refractivity contribution in [2.75, 3.05) is 11.6 Å². The molecule has 1 heterocycles. The molecule has 0 spiro atoms. The SMILES string of the molecule is CCN(N)c1nc(C)n(-c2cccc(Cl)c2)c(=O)n1. The highest BCUT2D eigenvalue weighted by atomic mass is 35.5. The fourth-order valence-electron chi connectivity index (χ4n) is 1.68. The summed E-state index contributed by atoms with van der Waals surface area (Å²) in [5, 5.41) is 1.86. The number of hydrogen-bond donors (Lipinski definition) is 1. The lowest BCUT2D eigenvalue weighted by atomic mass is 10.3. The van der Waals surface area contributed by atoms with Crippen LogP contribution in [0.25, 0.3) is 5.69 Å². The molecule has 6 nitrogen and oxygen atoms in total. The van der Waals surface area contributed by atoms with Crippen LogP contribution in [-0.2, 0) is 0 Å². The number of rotatable bonds is 3. The van der Waals surface area contributed by atoms with Crippen LogP contribution in [0.5, 0.6) is 0 Å². The fourth-order valence-corrected chi connectivity index (χ4v) is 1.86. The monoisotopic (exact) mass is 279 g/mol. The summed E-state index contributed by atoms with van der Waals surface area (Å²) in [4.78, 5) is 20.2. The molecule has 0 fully saturated rings. The van der Waals surface area contributed by atoms with Gasteiger partial charge in [0, 0.05) is 11.6 Å². The van der Waals surface area contributed by atoms with Crippen molar-refractivity contribution in [1.82, 2.24) is 14.5 Å². The Balaban J connectivity index is 2.57. The number of hydrogen-bond acceptors (Lipinski definition) is 5. The first-order valence-electron chi connectivity index (χ1n) is 5.78. The largest absolute Gasteiger partial charge is 0.356 e. The van der Waals surface area contributed by atoms with E-state index in [1.165, 1.54) is 9.58 Å². The van der Waals surface area contributed by atoms with E-state index in [1.807, 2.05) is 6.92 Å². The molecule has 0 atom stereocenters. The number of anilines is 1. The van der Waals surface area contributed by atoms with E-state index in [2.05, 4.69) is 9.97 Å². The van der Waals surface area contributed by atoms with Gasteiger partial charge in [-0.05, 0) is 32.0 Å². The average molecular weight is 280 g/mol. The Kier molecular flexibility index (Phi) is 3.82. The molecule has 19 heavy (non-hydrogen) atoms. The molecule has 0 amide bonds. The Labute approximate surface area is 115 Å². The minimum Gasteiger partial charge on any atom is -0.279 e. The lowest BCUT2D eigenvalue weighted by Gasteiger charge is -2.15. The predicted octanol–water partition coefficient (Wildman–Crippen LogP) is 1.29. The van der Waals surface area contributed by atoms with Crippen LogP contribution in [0, 0.1) is 6.92 Å². The summed E-state index contributed by atoms with van der Waals surface area (Å²) in [6, 6.07) is 6.94. The van der Waals surface area contributed by atoms with Crippen LogP contribution in [0.15, 0.2) is 29.1 Å². The molecule has 1 aromatic carbocycles. The van der Waals surface area contributed by atoms with Crippen molar-refractivity contribution < 1.29 is 0 Å². The summed E-state index contributed by atoms with van der Waals surface area (Å²) < 4.78 is 1.39. The maximum Gasteiger partial charge on any atom is 0.356 e. The van der Waals surface area contributed by atoms with Crippen LogP contribution in [0.2, 0.25) is 5.02 Å². The number of halogens is 1. The van der Waals surface area contributed by atoms with E-state index in [-0.39, 0.29) is 5.95 Å². The van der Waals surface area contributed by atoms with E-state index in [1.54, 1.807) is 31.2 Å². The van der Waals surface area contributed by atoms with Gasteiger partial charge in [-0.2, -0.15) is 9.97 Å². The van der Waals surface area contributed by atoms with Gasteiger partial charge in [-0.3, -0.25) is 5.01 Å². The third-order valence-corrected chi connectivity index (χ3v) is 2.87. The second-order valence-electron chi connectivity index (χ2n) is 3.95. The quantitative estimate of drug-likeness (QED) is 0.677. The van der Waals surface area contributed by atoms with Gasteiger partial charge in [-0.15, -0.1) is 0 Å². The highest BCUT2D eigenvalue weighted by molar-refractivity contribution is 6.30. The highest BCUT2D eigenvalue weighted by Gasteiger charge is 2.11. The van der Waals surface area contributed by atoms with Crippen LogP contribution >= 0.6 is 11.6 Å². The van der Waals surface area contributed by atoms with Crippen LogP contribution < -0.4 is 16.5 Å². The Morgan fingerprint density at radius 3 is 2.74 bits per heavy atom. The molecule has 0 unspecified atom stereocenters. The van der Waals surface area contributed by atoms with E-state index in [9.17, 15) is 4.79 Å². The first-order valence-corrected chi connectivity index (χ1v) is 6.16. The summed E-state index contributed by atoms with van der Waals surface area (Å²) in [6.45, 7) is 4.08. The average Bonchev–Trinajstić information content (AvgIpc) is 2.37. The molecule has 0 radical (unpaired) electrons. The van der Waals surface area contributed by atoms with Gasteiger partial charge in [0.15, 0.2) is 0 Å². The number of hydrazine groups is 1. The third kappa shape index (κ3) is 2.74. The Hall–Kier alpha value is -1.92. The number of nitrogens with zero attached hydrogens (tertiary/aromatic N) is 4. The van der Waals surface area contributed by atoms with Crippen molar-refractivity contribution in [2.24, 2.45) is 5.84 Å². The zero-order chi connectivity index (χ0) is 14.0. The Morgan fingerprint density at radius 1 is 1.42 bits per heavy atom. The molecule has 2 N–H and O–H groups in total. The molecular weight excluding hydrogens is 266 g/mol. The molecule has 0 aliphatic heterocycles. The van der Waals surface area contributed by atoms with Gasteiger partial charge in [0.1, 0.15) is 5.82 Å². The van der Waals surface area contributed by atoms with E-state index in [0.29, 0.717) is 23.1 Å². The third-order valence-electron chi connectivity index (χ3n) is 2.64. The van der Waals surface area contributed by atoms with Crippen molar-refractivity contribution in [3.8, 4) is 5.69 Å². The zero-order valence-corrected chi connectivity index (χ0v) is 11.4. The van der Waals surface area contributed by atoms with Crippen molar-refractivity contribution in [3.05, 3.63) is 45.6 Å². The Bertz CT molecular complexity index is 655. The van der Waals surface area contributed by atoms with Gasteiger partial charge in [0.2, 0.25) is 5.95 Å². The van der Waals surface area contributed by atoms with Crippen molar-refractivity contribution in [3.63, 3.8) is 0 Å². The van der Waals surface area contributed by atoms with Crippen LogP contribution in [0.1, 0.15) is 12.7 Å². The van der Waals surface area contributed by atoms with Gasteiger partial charge < -0.3 is 0 Å². The highest BCUT2D eigenvalue weighted by Crippen LogP contribution is 2.14. The second kappa shape index (κ2) is 5.38. The maximum absolute atomic E-state index is 12.1. The minimum atomic E-state index is -0.436. The summed E-state index contributed by atoms with van der Waals surface area (Å²) in [6.07, 6.45) is 0. The van der Waals surface area contributed by atoms with Crippen LogP contribution in [-0.4, -0.2) is 21.1 Å². The van der Waals surface area contributed by atoms with Crippen molar-refractivity contribution >= 4 is 17.5 Å². The van der Waals surface area contributed by atoms with Crippen LogP contribution in [0.3, 0.4) is 0 Å². The van der Waals surface area contributed by atoms with E-state index in [4.69, 9.17) is 17.4 Å². The number of benzene rings is 1. The Morgan fingerprint density at radius 2 is 2.16 bits per heavy atom. The van der Waals surface area contributed by atoms with Gasteiger partial charge in [0.05, 0.1) is 5.69 Å². The van der Waals surface area contributed by atoms with E-state index >= 15 is 0 Å². The second-order valence-corrected chi connectivity index (χ2v) is 4.39. The van der Waals surface area contributed by atoms with E-state index < -0.39 is 5.69 Å². The van der Waals surface area contributed by atoms with Crippen molar-refractivity contribution in [1.29, 1.82) is 0 Å². The smallest absolute Gasteiger partial charge is 0.279 e. The lowest BCUT2D eigenvalue weighted by Crippen LogP contribution is -2.36. The predicted molar refractivity (Wildman–Crippen MR) is 74.6 cm³/mol. The molecule has 0 aliphatic carbocycles. The van der Waals surface area contributed by atoms with Gasteiger partial charge in [-0.25, -0.2) is 15.2 Å². The standard InChI is InChI=1S/C12H14ClN5O/c1-3-17(14)11-15-8(2)18(12(19)16-11)10-6-4-5-9(13)7-10/h4-7H,3,14H2,1-2H3. The summed E-state index contributed by atoms with van der Waals surface area (Å²) in [7, 11) is 0. The van der Waals surface area contributed by atoms with Gasteiger partial charge in [-0.1, -0.05) is 17.7 Å². The van der Waals surface area contributed by atoms with Crippen LogP contribution in [0.4, 0.5) is 5.95 Å². The molecule has 2 rings (SSSR count). The summed E-state index contributed by atoms with van der Waals surface area (Å²) in [5.41, 5.74) is 0.190. The molecule has 7 heteroatoms. The zero-order valence-electron chi connectivity index (χ0n) is 10.7. The normalized spacial score (nSPS) is 10.5. The molecule has 0 saturated heterocycles. The fraction of sp³-hybridized carbons (Fsp3) is 0.250. The number of aromatic nitrogens is 3. The van der Waals surface area contributed by atoms with Crippen molar-refractivity contribution in [2.45, 2.75) is 13.8 Å². The molecular formula is C12H14ClN5O.